The van der Waals surface area contributed by atoms with E-state index in [2.05, 4.69) is 10.0 Å². The van der Waals surface area contributed by atoms with E-state index in [4.69, 9.17) is 4.74 Å². The number of Topliss-reactive ketones (excluding diaryl/α,β-unsaturated/α-hetero) is 1. The van der Waals surface area contributed by atoms with Crippen LogP contribution in [0.5, 0.6) is 5.75 Å². The average molecular weight is 453 g/mol. The van der Waals surface area contributed by atoms with Crippen molar-refractivity contribution in [2.75, 3.05) is 16.6 Å². The van der Waals surface area contributed by atoms with Gasteiger partial charge in [-0.1, -0.05) is 18.2 Å². The number of carbonyl (C=O) groups is 2. The van der Waals surface area contributed by atoms with Crippen molar-refractivity contribution in [1.29, 1.82) is 0 Å². The van der Waals surface area contributed by atoms with Crippen molar-refractivity contribution in [2.24, 2.45) is 0 Å². The molecule has 0 saturated carbocycles. The summed E-state index contributed by atoms with van der Waals surface area (Å²) in [4.78, 5) is 23.6. The fourth-order valence-corrected chi connectivity index (χ4v) is 3.95. The number of hydrogen-bond acceptors (Lipinski definition) is 5. The van der Waals surface area contributed by atoms with E-state index in [1.807, 2.05) is 19.9 Å². The Morgan fingerprint density at radius 2 is 1.59 bits per heavy atom. The Kier molecular flexibility index (Phi) is 6.95. The van der Waals surface area contributed by atoms with Gasteiger partial charge in [0.25, 0.3) is 15.9 Å². The summed E-state index contributed by atoms with van der Waals surface area (Å²) in [5.41, 5.74) is 3.53. The van der Waals surface area contributed by atoms with Gasteiger partial charge in [0.1, 0.15) is 5.75 Å². The molecule has 0 saturated heterocycles. The summed E-state index contributed by atoms with van der Waals surface area (Å²) in [5, 5.41) is 2.66. The molecule has 0 atom stereocenters. The first-order valence-corrected chi connectivity index (χ1v) is 11.4. The number of rotatable bonds is 8. The van der Waals surface area contributed by atoms with E-state index in [0.29, 0.717) is 22.7 Å². The van der Waals surface area contributed by atoms with Crippen molar-refractivity contribution >= 4 is 33.1 Å². The molecule has 3 rings (SSSR count). The molecule has 8 heteroatoms. The predicted molar refractivity (Wildman–Crippen MR) is 124 cm³/mol. The Morgan fingerprint density at radius 3 is 2.25 bits per heavy atom. The van der Waals surface area contributed by atoms with Gasteiger partial charge >= 0.3 is 0 Å². The van der Waals surface area contributed by atoms with Crippen LogP contribution in [-0.4, -0.2) is 26.7 Å². The lowest BCUT2D eigenvalue weighted by Crippen LogP contribution is -2.20. The molecule has 2 N–H and O–H groups in total. The molecule has 3 aromatic carbocycles. The van der Waals surface area contributed by atoms with Crippen molar-refractivity contribution in [3.8, 4) is 5.75 Å². The molecule has 0 heterocycles. The molecule has 0 aliphatic heterocycles. The van der Waals surface area contributed by atoms with Crippen LogP contribution in [0.3, 0.4) is 0 Å². The second-order valence-corrected chi connectivity index (χ2v) is 9.03. The lowest BCUT2D eigenvalue weighted by atomic mass is 10.1. The second-order valence-electron chi connectivity index (χ2n) is 7.35. The Hall–Kier alpha value is -3.65. The number of ether oxygens (including phenoxy) is 1. The zero-order chi connectivity index (χ0) is 23.3. The van der Waals surface area contributed by atoms with Gasteiger partial charge in [-0.25, -0.2) is 8.42 Å². The Balaban J connectivity index is 1.59. The van der Waals surface area contributed by atoms with Crippen molar-refractivity contribution in [2.45, 2.75) is 25.7 Å². The molecular weight excluding hydrogens is 428 g/mol. The molecule has 166 valence electrons. The van der Waals surface area contributed by atoms with E-state index in [9.17, 15) is 18.0 Å². The van der Waals surface area contributed by atoms with E-state index in [1.54, 1.807) is 36.4 Å². The minimum absolute atomic E-state index is 0.0774. The van der Waals surface area contributed by atoms with E-state index in [-0.39, 0.29) is 17.3 Å². The molecule has 0 radical (unpaired) electrons. The highest BCUT2D eigenvalue weighted by molar-refractivity contribution is 7.92. The van der Waals surface area contributed by atoms with Gasteiger partial charge in [0.05, 0.1) is 4.90 Å². The fraction of sp³-hybridized carbons (Fsp3) is 0.167. The van der Waals surface area contributed by atoms with Crippen molar-refractivity contribution in [3.05, 3.63) is 83.4 Å². The minimum Gasteiger partial charge on any atom is -0.484 e. The molecular formula is C24H24N2O5S. The first-order chi connectivity index (χ1) is 15.1. The Bertz CT molecular complexity index is 1250. The van der Waals surface area contributed by atoms with Crippen LogP contribution in [0.15, 0.2) is 71.6 Å². The number of ketones is 1. The lowest BCUT2D eigenvalue weighted by Gasteiger charge is -2.11. The zero-order valence-corrected chi connectivity index (χ0v) is 18.8. The maximum absolute atomic E-state index is 12.6. The standard InChI is InChI=1S/C24H24N2O5S/c1-16-7-8-21(13-17(16)2)26-32(29,30)23-11-9-22(10-12-23)31-15-24(28)25-20-6-4-5-19(14-20)18(3)27/h4-14,26H,15H2,1-3H3,(H,25,28). The minimum atomic E-state index is -3.76. The maximum Gasteiger partial charge on any atom is 0.262 e. The molecule has 7 nitrogen and oxygen atoms in total. The summed E-state index contributed by atoms with van der Waals surface area (Å²) in [5.74, 6) is -0.152. The van der Waals surface area contributed by atoms with Crippen LogP contribution < -0.4 is 14.8 Å². The number of amides is 1. The quantitative estimate of drug-likeness (QED) is 0.496. The molecule has 0 aromatic heterocycles. The predicted octanol–water partition coefficient (Wildman–Crippen LogP) is 4.32. The van der Waals surface area contributed by atoms with Gasteiger partial charge < -0.3 is 10.1 Å². The summed E-state index contributed by atoms with van der Waals surface area (Å²) >= 11 is 0. The van der Waals surface area contributed by atoms with Crippen molar-refractivity contribution in [3.63, 3.8) is 0 Å². The third-order valence-electron chi connectivity index (χ3n) is 4.82. The highest BCUT2D eigenvalue weighted by Gasteiger charge is 2.15. The molecule has 0 spiro atoms. The highest BCUT2D eigenvalue weighted by Crippen LogP contribution is 2.21. The molecule has 0 bridgehead atoms. The topological polar surface area (TPSA) is 102 Å². The van der Waals surface area contributed by atoms with Gasteiger partial charge in [0, 0.05) is 16.9 Å². The number of sulfonamides is 1. The van der Waals surface area contributed by atoms with Gasteiger partial charge in [0.2, 0.25) is 0 Å². The second kappa shape index (κ2) is 9.65. The number of benzene rings is 3. The van der Waals surface area contributed by atoms with E-state index < -0.39 is 15.9 Å². The van der Waals surface area contributed by atoms with E-state index in [1.165, 1.54) is 31.2 Å². The molecule has 0 aliphatic rings. The van der Waals surface area contributed by atoms with Crippen molar-refractivity contribution in [1.82, 2.24) is 0 Å². The van der Waals surface area contributed by atoms with Gasteiger partial charge in [-0.05, 0) is 80.4 Å². The van der Waals surface area contributed by atoms with Crippen LogP contribution in [-0.2, 0) is 14.8 Å². The highest BCUT2D eigenvalue weighted by atomic mass is 32.2. The molecule has 32 heavy (non-hydrogen) atoms. The fourth-order valence-electron chi connectivity index (χ4n) is 2.90. The molecule has 1 amide bonds. The first kappa shape index (κ1) is 23.0. The number of anilines is 2. The van der Waals surface area contributed by atoms with Crippen molar-refractivity contribution < 1.29 is 22.7 Å². The number of nitrogens with one attached hydrogen (secondary N) is 2. The lowest BCUT2D eigenvalue weighted by molar-refractivity contribution is -0.118. The third kappa shape index (κ3) is 5.95. The smallest absolute Gasteiger partial charge is 0.262 e. The number of carbonyl (C=O) groups excluding carboxylic acids is 2. The third-order valence-corrected chi connectivity index (χ3v) is 6.21. The average Bonchev–Trinajstić information content (AvgIpc) is 2.75. The number of hydrogen-bond donors (Lipinski definition) is 2. The zero-order valence-electron chi connectivity index (χ0n) is 18.0. The molecule has 0 fully saturated rings. The van der Waals surface area contributed by atoms with Gasteiger partial charge in [-0.15, -0.1) is 0 Å². The van der Waals surface area contributed by atoms with E-state index >= 15 is 0 Å². The van der Waals surface area contributed by atoms with Crippen LogP contribution in [0, 0.1) is 13.8 Å². The van der Waals surface area contributed by atoms with Crippen LogP contribution >= 0.6 is 0 Å². The molecule has 0 aliphatic carbocycles. The summed E-state index contributed by atoms with van der Waals surface area (Å²) in [6.45, 7) is 5.05. The summed E-state index contributed by atoms with van der Waals surface area (Å²) in [6, 6.07) is 17.7. The Morgan fingerprint density at radius 1 is 0.875 bits per heavy atom. The van der Waals surface area contributed by atoms with E-state index in [0.717, 1.165) is 11.1 Å². The van der Waals surface area contributed by atoms with Crippen LogP contribution in [0.4, 0.5) is 11.4 Å². The molecule has 3 aromatic rings. The van der Waals surface area contributed by atoms with Crippen LogP contribution in [0.2, 0.25) is 0 Å². The van der Waals surface area contributed by atoms with Gasteiger partial charge in [-0.2, -0.15) is 0 Å². The van der Waals surface area contributed by atoms with Gasteiger partial charge in [0.15, 0.2) is 12.4 Å². The summed E-state index contributed by atoms with van der Waals surface area (Å²) < 4.78 is 33.2. The monoisotopic (exact) mass is 452 g/mol. The first-order valence-electron chi connectivity index (χ1n) is 9.88. The van der Waals surface area contributed by atoms with Gasteiger partial charge in [-0.3, -0.25) is 14.3 Å². The van der Waals surface area contributed by atoms with Crippen LogP contribution in [0.25, 0.3) is 0 Å². The summed E-state index contributed by atoms with van der Waals surface area (Å²) in [7, 11) is -3.76. The normalized spacial score (nSPS) is 11.0. The maximum atomic E-state index is 12.6. The largest absolute Gasteiger partial charge is 0.484 e. The Labute approximate surface area is 187 Å². The molecule has 0 unspecified atom stereocenters. The summed E-state index contributed by atoms with van der Waals surface area (Å²) in [6.07, 6.45) is 0. The number of aryl methyl sites for hydroxylation is 2. The van der Waals surface area contributed by atoms with Crippen LogP contribution in [0.1, 0.15) is 28.4 Å². The SMILES string of the molecule is CC(=O)c1cccc(NC(=O)COc2ccc(S(=O)(=O)Nc3ccc(C)c(C)c3)cc2)c1.